The van der Waals surface area contributed by atoms with Gasteiger partial charge in [0, 0.05) is 0 Å². The highest BCUT2D eigenvalue weighted by Crippen LogP contribution is 2.57. The van der Waals surface area contributed by atoms with Crippen molar-refractivity contribution in [3.8, 4) is 0 Å². The molecule has 3 atom stereocenters. The molecule has 0 bridgehead atoms. The summed E-state index contributed by atoms with van der Waals surface area (Å²) < 4.78 is 84.9. The molecule has 1 saturated carbocycles. The van der Waals surface area contributed by atoms with Crippen LogP contribution in [0.4, 0.5) is 26.3 Å². The topological polar surface area (TPSA) is 0 Å². The van der Waals surface area contributed by atoms with Gasteiger partial charge < -0.3 is 0 Å². The van der Waals surface area contributed by atoms with E-state index in [9.17, 15) is 26.3 Å². The predicted molar refractivity (Wildman–Crippen MR) is 187 cm³/mol. The Balaban J connectivity index is 1.70. The summed E-state index contributed by atoms with van der Waals surface area (Å²) in [6.45, 7) is 13.9. The Labute approximate surface area is 277 Å². The van der Waals surface area contributed by atoms with E-state index in [0.717, 1.165) is 31.4 Å². The van der Waals surface area contributed by atoms with E-state index in [1.54, 1.807) is 26.0 Å². The Bertz CT molecular complexity index is 1600. The van der Waals surface area contributed by atoms with E-state index in [0.29, 0.717) is 21.7 Å². The maximum Gasteiger partial charge on any atom is 0.416 e. The summed E-state index contributed by atoms with van der Waals surface area (Å²) in [5, 5.41) is 3.51. The average Bonchev–Trinajstić information content (AvgIpc) is 3.40. The first-order valence-electron chi connectivity index (χ1n) is 16.0. The summed E-state index contributed by atoms with van der Waals surface area (Å²) in [6, 6.07) is 21.5. The zero-order valence-electron chi connectivity index (χ0n) is 27.9. The summed E-state index contributed by atoms with van der Waals surface area (Å²) in [6.07, 6.45) is -6.59. The number of alkyl halides is 6. The van der Waals surface area contributed by atoms with Crippen molar-refractivity contribution < 1.29 is 26.3 Å². The molecule has 250 valence electrons. The Morgan fingerprint density at radius 2 is 0.872 bits per heavy atom. The van der Waals surface area contributed by atoms with Gasteiger partial charge in [-0.05, 0) is 144 Å². The zero-order chi connectivity index (χ0) is 34.4. The Morgan fingerprint density at radius 3 is 1.26 bits per heavy atom. The van der Waals surface area contributed by atoms with Gasteiger partial charge >= 0.3 is 12.4 Å². The second-order valence-corrected chi connectivity index (χ2v) is 18.5. The molecule has 1 aliphatic carbocycles. The molecular weight excluding hydrogens is 644 g/mol. The Morgan fingerprint density at radius 1 is 0.511 bits per heavy atom. The van der Waals surface area contributed by atoms with Crippen LogP contribution in [0.3, 0.4) is 0 Å². The third-order valence-electron chi connectivity index (χ3n) is 9.19. The smallest absolute Gasteiger partial charge is 0.166 e. The molecule has 0 heterocycles. The monoisotopic (exact) mass is 686 g/mol. The molecule has 47 heavy (non-hydrogen) atoms. The lowest BCUT2D eigenvalue weighted by Gasteiger charge is -2.38. The van der Waals surface area contributed by atoms with Crippen LogP contribution in [-0.2, 0) is 12.4 Å². The summed E-state index contributed by atoms with van der Waals surface area (Å²) >= 11 is 0. The van der Waals surface area contributed by atoms with E-state index in [2.05, 4.69) is 71.0 Å². The van der Waals surface area contributed by atoms with Gasteiger partial charge in [-0.15, -0.1) is 0 Å². The molecule has 0 aromatic heterocycles. The van der Waals surface area contributed by atoms with Gasteiger partial charge in [-0.2, -0.15) is 26.3 Å². The molecule has 4 aromatic carbocycles. The Kier molecular flexibility index (Phi) is 10.4. The normalized spacial score (nSPS) is 17.9. The summed E-state index contributed by atoms with van der Waals surface area (Å²) in [7, 11) is -2.45. The van der Waals surface area contributed by atoms with Crippen molar-refractivity contribution in [1.82, 2.24) is 0 Å². The summed E-state index contributed by atoms with van der Waals surface area (Å²) in [4.78, 5) is 0. The third kappa shape index (κ3) is 8.14. The lowest BCUT2D eigenvalue weighted by Crippen LogP contribution is -2.34. The third-order valence-corrected chi connectivity index (χ3v) is 15.0. The first-order valence-corrected chi connectivity index (χ1v) is 18.9. The van der Waals surface area contributed by atoms with Crippen LogP contribution in [0.5, 0.6) is 0 Å². The van der Waals surface area contributed by atoms with E-state index in [-0.39, 0.29) is 17.2 Å². The van der Waals surface area contributed by atoms with Crippen molar-refractivity contribution >= 4 is 37.1 Å². The fraction of sp³-hybridized carbons (Fsp3) is 0.385. The van der Waals surface area contributed by atoms with E-state index in [1.807, 2.05) is 0 Å². The summed E-state index contributed by atoms with van der Waals surface area (Å²) in [5.74, 6) is 0.110. The van der Waals surface area contributed by atoms with Gasteiger partial charge in [0.05, 0.1) is 11.1 Å². The standard InChI is InChI=1S/C39H42F6P2/c1-23-11-24(2)16-32(15-23)46(33-17-25(3)12-26(4)18-33)29(7)36-9-8-10-37(36)47(34-19-27(5)13-30(21-34)38(40,41)42)35-20-28(6)14-31(22-35)39(43,44)45/h11-22,29,36-37H,8-10H2,1-7H3. The van der Waals surface area contributed by atoms with Crippen LogP contribution in [0.2, 0.25) is 0 Å². The minimum Gasteiger partial charge on any atom is -0.166 e. The Hall–Kier alpha value is -2.68. The van der Waals surface area contributed by atoms with Crippen molar-refractivity contribution in [3.05, 3.63) is 117 Å². The molecule has 1 fully saturated rings. The molecule has 0 saturated heterocycles. The molecule has 1 aliphatic rings. The SMILES string of the molecule is Cc1cc(C)cc(P(c2cc(C)cc(C)c2)C(C)C2CCCC2P(c2cc(C)cc(C(F)(F)F)c2)c2cc(C)cc(C(F)(F)F)c2)c1. The fourth-order valence-electron chi connectivity index (χ4n) is 7.51. The van der Waals surface area contributed by atoms with Crippen molar-refractivity contribution in [2.75, 3.05) is 0 Å². The quantitative estimate of drug-likeness (QED) is 0.134. The van der Waals surface area contributed by atoms with Crippen LogP contribution < -0.4 is 21.2 Å². The van der Waals surface area contributed by atoms with Gasteiger partial charge in [0.1, 0.15) is 0 Å². The molecule has 8 heteroatoms. The largest absolute Gasteiger partial charge is 0.416 e. The average molecular weight is 687 g/mol. The van der Waals surface area contributed by atoms with Crippen LogP contribution in [-0.4, -0.2) is 11.3 Å². The van der Waals surface area contributed by atoms with Gasteiger partial charge in [-0.1, -0.05) is 84.1 Å². The molecule has 0 spiro atoms. The van der Waals surface area contributed by atoms with Crippen LogP contribution in [0.1, 0.15) is 70.7 Å². The number of benzene rings is 4. The van der Waals surface area contributed by atoms with Gasteiger partial charge in [-0.3, -0.25) is 0 Å². The van der Waals surface area contributed by atoms with Gasteiger partial charge in [0.15, 0.2) is 0 Å². The second-order valence-electron chi connectivity index (χ2n) is 13.4. The number of rotatable bonds is 7. The number of aryl methyl sites for hydroxylation is 6. The first kappa shape index (κ1) is 35.6. The van der Waals surface area contributed by atoms with E-state index in [1.165, 1.54) is 45.0 Å². The minimum absolute atomic E-state index is 0.0763. The van der Waals surface area contributed by atoms with Crippen LogP contribution in [0.25, 0.3) is 0 Å². The van der Waals surface area contributed by atoms with Crippen LogP contribution >= 0.6 is 15.8 Å². The molecule has 0 nitrogen and oxygen atoms in total. The molecule has 0 radical (unpaired) electrons. The van der Waals surface area contributed by atoms with Crippen molar-refractivity contribution in [2.24, 2.45) is 5.92 Å². The number of halogens is 6. The zero-order valence-corrected chi connectivity index (χ0v) is 29.7. The second kappa shape index (κ2) is 13.7. The molecule has 5 rings (SSSR count). The van der Waals surface area contributed by atoms with E-state index in [4.69, 9.17) is 0 Å². The van der Waals surface area contributed by atoms with Crippen LogP contribution in [0, 0.1) is 47.5 Å². The van der Waals surface area contributed by atoms with E-state index < -0.39 is 39.3 Å². The maximum atomic E-state index is 14.2. The lowest BCUT2D eigenvalue weighted by atomic mass is 10.0. The van der Waals surface area contributed by atoms with Crippen molar-refractivity contribution in [3.63, 3.8) is 0 Å². The van der Waals surface area contributed by atoms with Gasteiger partial charge in [-0.25, -0.2) is 0 Å². The molecule has 0 N–H and O–H groups in total. The summed E-state index contributed by atoms with van der Waals surface area (Å²) in [5.41, 5.74) is 4.18. The van der Waals surface area contributed by atoms with Gasteiger partial charge in [0.25, 0.3) is 0 Å². The number of hydrogen-bond donors (Lipinski definition) is 0. The van der Waals surface area contributed by atoms with E-state index >= 15 is 0 Å². The molecule has 4 aromatic rings. The van der Waals surface area contributed by atoms with Crippen molar-refractivity contribution in [1.29, 1.82) is 0 Å². The predicted octanol–water partition coefficient (Wildman–Crippen LogP) is 10.7. The highest BCUT2D eigenvalue weighted by atomic mass is 31.1. The molecular formula is C39H42F6P2. The minimum atomic E-state index is -4.56. The molecule has 3 unspecified atom stereocenters. The molecule has 0 aliphatic heterocycles. The van der Waals surface area contributed by atoms with Crippen molar-refractivity contribution in [2.45, 2.75) is 91.4 Å². The fourth-order valence-corrected chi connectivity index (χ4v) is 14.5. The van der Waals surface area contributed by atoms with Crippen LogP contribution in [0.15, 0.2) is 72.8 Å². The first-order chi connectivity index (χ1) is 21.9. The highest BCUT2D eigenvalue weighted by Gasteiger charge is 2.43. The molecule has 0 amide bonds. The number of hydrogen-bond acceptors (Lipinski definition) is 0. The lowest BCUT2D eigenvalue weighted by molar-refractivity contribution is -0.138. The van der Waals surface area contributed by atoms with Gasteiger partial charge in [0.2, 0.25) is 0 Å². The maximum absolute atomic E-state index is 14.2. The highest BCUT2D eigenvalue weighted by molar-refractivity contribution is 7.74.